The van der Waals surface area contributed by atoms with Crippen molar-refractivity contribution < 1.29 is 14.3 Å². The molecule has 1 heterocycles. The van der Waals surface area contributed by atoms with E-state index in [4.69, 9.17) is 10.8 Å². The zero-order chi connectivity index (χ0) is 14.5. The molecule has 1 aromatic rings. The third kappa shape index (κ3) is 4.58. The first kappa shape index (κ1) is 14.9. The number of hydrogen-bond acceptors (Lipinski definition) is 3. The van der Waals surface area contributed by atoms with Gasteiger partial charge in [-0.05, 0) is 36.5 Å². The zero-order valence-corrected chi connectivity index (χ0v) is 11.5. The van der Waals surface area contributed by atoms with Crippen molar-refractivity contribution in [3.63, 3.8) is 0 Å². The number of carboxylic acid groups (broad SMARTS) is 1. The van der Waals surface area contributed by atoms with Crippen LogP contribution < -0.4 is 5.73 Å². The molecular weight excluding hydrogens is 259 g/mol. The van der Waals surface area contributed by atoms with Crippen LogP contribution in [0.1, 0.15) is 24.8 Å². The maximum atomic E-state index is 13.2. The molecule has 5 heteroatoms. The normalized spacial score (nSPS) is 23.7. The third-order valence-electron chi connectivity index (χ3n) is 3.71. The average Bonchev–Trinajstić information content (AvgIpc) is 2.35. The van der Waals surface area contributed by atoms with Crippen LogP contribution in [0.3, 0.4) is 0 Å². The van der Waals surface area contributed by atoms with Crippen LogP contribution in [0.25, 0.3) is 0 Å². The number of benzene rings is 1. The lowest BCUT2D eigenvalue weighted by Gasteiger charge is -2.36. The molecule has 1 aromatic carbocycles. The van der Waals surface area contributed by atoms with Crippen molar-refractivity contribution >= 4 is 5.97 Å². The number of carboxylic acids is 1. The summed E-state index contributed by atoms with van der Waals surface area (Å²) in [4.78, 5) is 12.8. The van der Waals surface area contributed by atoms with Gasteiger partial charge in [-0.3, -0.25) is 9.69 Å². The van der Waals surface area contributed by atoms with Gasteiger partial charge >= 0.3 is 5.97 Å². The summed E-state index contributed by atoms with van der Waals surface area (Å²) in [7, 11) is 0. The zero-order valence-electron chi connectivity index (χ0n) is 11.5. The number of nitrogens with two attached hydrogens (primary N) is 1. The van der Waals surface area contributed by atoms with E-state index in [-0.39, 0.29) is 18.3 Å². The molecule has 1 saturated heterocycles. The van der Waals surface area contributed by atoms with Crippen LogP contribution in [-0.4, -0.2) is 35.1 Å². The topological polar surface area (TPSA) is 66.6 Å². The van der Waals surface area contributed by atoms with Gasteiger partial charge in [0.05, 0.1) is 0 Å². The van der Waals surface area contributed by atoms with E-state index in [0.29, 0.717) is 18.9 Å². The maximum absolute atomic E-state index is 13.2. The van der Waals surface area contributed by atoms with Gasteiger partial charge in [0.15, 0.2) is 0 Å². The molecule has 0 aliphatic carbocycles. The van der Waals surface area contributed by atoms with Gasteiger partial charge in [0.1, 0.15) is 5.82 Å². The van der Waals surface area contributed by atoms with Crippen LogP contribution in [-0.2, 0) is 11.3 Å². The lowest BCUT2D eigenvalue weighted by molar-refractivity contribution is -0.137. The van der Waals surface area contributed by atoms with Crippen molar-refractivity contribution in [2.24, 2.45) is 11.7 Å². The number of hydrogen-bond donors (Lipinski definition) is 2. The Bertz CT molecular complexity index is 467. The second kappa shape index (κ2) is 6.81. The summed E-state index contributed by atoms with van der Waals surface area (Å²) in [6, 6.07) is 6.63. The Kier molecular flexibility index (Phi) is 5.09. The Morgan fingerprint density at radius 2 is 2.25 bits per heavy atom. The van der Waals surface area contributed by atoms with Gasteiger partial charge < -0.3 is 10.8 Å². The predicted octanol–water partition coefficient (Wildman–Crippen LogP) is 1.84. The predicted molar refractivity (Wildman–Crippen MR) is 74.6 cm³/mol. The quantitative estimate of drug-likeness (QED) is 0.863. The lowest BCUT2D eigenvalue weighted by atomic mass is 9.90. The molecule has 3 N–H and O–H groups in total. The molecule has 2 rings (SSSR count). The van der Waals surface area contributed by atoms with Gasteiger partial charge in [0.2, 0.25) is 0 Å². The smallest absolute Gasteiger partial charge is 0.303 e. The maximum Gasteiger partial charge on any atom is 0.303 e. The molecule has 0 spiro atoms. The highest BCUT2D eigenvalue weighted by Gasteiger charge is 2.25. The van der Waals surface area contributed by atoms with Gasteiger partial charge in [-0.25, -0.2) is 4.39 Å². The molecule has 2 unspecified atom stereocenters. The SMILES string of the molecule is NC1CC(CCC(=O)O)CN(Cc2cccc(F)c2)C1. The number of halogens is 1. The van der Waals surface area contributed by atoms with Crippen LogP contribution in [0.2, 0.25) is 0 Å². The molecule has 0 bridgehead atoms. The first-order valence-electron chi connectivity index (χ1n) is 6.97. The number of likely N-dealkylation sites (tertiary alicyclic amines) is 1. The molecule has 2 atom stereocenters. The fourth-order valence-corrected chi connectivity index (χ4v) is 2.91. The van der Waals surface area contributed by atoms with E-state index < -0.39 is 5.97 Å². The molecule has 1 aliphatic heterocycles. The van der Waals surface area contributed by atoms with Gasteiger partial charge in [-0.2, -0.15) is 0 Å². The number of carbonyl (C=O) groups is 1. The summed E-state index contributed by atoms with van der Waals surface area (Å²) < 4.78 is 13.2. The Balaban J connectivity index is 1.92. The van der Waals surface area contributed by atoms with Crippen molar-refractivity contribution in [1.29, 1.82) is 0 Å². The summed E-state index contributed by atoms with van der Waals surface area (Å²) in [5.41, 5.74) is 6.97. The van der Waals surface area contributed by atoms with Gasteiger partial charge in [0.25, 0.3) is 0 Å². The Labute approximate surface area is 118 Å². The van der Waals surface area contributed by atoms with Crippen molar-refractivity contribution in [2.45, 2.75) is 31.8 Å². The Morgan fingerprint density at radius 3 is 2.95 bits per heavy atom. The molecule has 20 heavy (non-hydrogen) atoms. The highest BCUT2D eigenvalue weighted by molar-refractivity contribution is 5.66. The first-order valence-corrected chi connectivity index (χ1v) is 6.97. The fourth-order valence-electron chi connectivity index (χ4n) is 2.91. The van der Waals surface area contributed by atoms with Crippen LogP contribution in [0, 0.1) is 11.7 Å². The minimum Gasteiger partial charge on any atom is -0.481 e. The average molecular weight is 280 g/mol. The fraction of sp³-hybridized carbons (Fsp3) is 0.533. The van der Waals surface area contributed by atoms with Crippen molar-refractivity contribution in [1.82, 2.24) is 4.90 Å². The molecule has 0 saturated carbocycles. The summed E-state index contributed by atoms with van der Waals surface area (Å²) in [5.74, 6) is -0.685. The van der Waals surface area contributed by atoms with E-state index in [0.717, 1.165) is 25.1 Å². The molecule has 1 fully saturated rings. The van der Waals surface area contributed by atoms with Crippen LogP contribution in [0.5, 0.6) is 0 Å². The van der Waals surface area contributed by atoms with Crippen LogP contribution >= 0.6 is 0 Å². The number of aliphatic carboxylic acids is 1. The van der Waals surface area contributed by atoms with E-state index in [1.54, 1.807) is 6.07 Å². The first-order chi connectivity index (χ1) is 9.52. The number of nitrogens with zero attached hydrogens (tertiary/aromatic N) is 1. The summed E-state index contributed by atoms with van der Waals surface area (Å²) in [5, 5.41) is 8.76. The summed E-state index contributed by atoms with van der Waals surface area (Å²) >= 11 is 0. The number of rotatable bonds is 5. The van der Waals surface area contributed by atoms with E-state index in [1.807, 2.05) is 6.07 Å². The molecular formula is C15H21FN2O2. The Morgan fingerprint density at radius 1 is 1.45 bits per heavy atom. The van der Waals surface area contributed by atoms with Crippen LogP contribution in [0.15, 0.2) is 24.3 Å². The van der Waals surface area contributed by atoms with E-state index in [1.165, 1.54) is 12.1 Å². The van der Waals surface area contributed by atoms with E-state index in [2.05, 4.69) is 4.90 Å². The standard InChI is InChI=1S/C15H21FN2O2/c16-13-3-1-2-11(6-13)8-18-9-12(4-5-15(19)20)7-14(17)10-18/h1-3,6,12,14H,4-5,7-10,17H2,(H,19,20). The lowest BCUT2D eigenvalue weighted by Crippen LogP contribution is -2.46. The van der Waals surface area contributed by atoms with Crippen molar-refractivity contribution in [3.05, 3.63) is 35.6 Å². The second-order valence-electron chi connectivity index (χ2n) is 5.62. The largest absolute Gasteiger partial charge is 0.481 e. The van der Waals surface area contributed by atoms with Crippen molar-refractivity contribution in [2.75, 3.05) is 13.1 Å². The van der Waals surface area contributed by atoms with Gasteiger partial charge in [-0.1, -0.05) is 12.1 Å². The van der Waals surface area contributed by atoms with Gasteiger partial charge in [-0.15, -0.1) is 0 Å². The highest BCUT2D eigenvalue weighted by atomic mass is 19.1. The molecule has 4 nitrogen and oxygen atoms in total. The van der Waals surface area contributed by atoms with E-state index in [9.17, 15) is 9.18 Å². The molecule has 0 amide bonds. The minimum absolute atomic E-state index is 0.0658. The molecule has 0 radical (unpaired) electrons. The Hall–Kier alpha value is -1.46. The third-order valence-corrected chi connectivity index (χ3v) is 3.71. The molecule has 110 valence electrons. The molecule has 0 aromatic heterocycles. The van der Waals surface area contributed by atoms with Crippen LogP contribution in [0.4, 0.5) is 4.39 Å². The molecule has 1 aliphatic rings. The summed E-state index contributed by atoms with van der Waals surface area (Å²) in [6.07, 6.45) is 1.71. The van der Waals surface area contributed by atoms with Gasteiger partial charge in [0, 0.05) is 32.1 Å². The van der Waals surface area contributed by atoms with E-state index >= 15 is 0 Å². The summed E-state index contributed by atoms with van der Waals surface area (Å²) in [6.45, 7) is 2.27. The monoisotopic (exact) mass is 280 g/mol. The van der Waals surface area contributed by atoms with Crippen molar-refractivity contribution in [3.8, 4) is 0 Å². The highest BCUT2D eigenvalue weighted by Crippen LogP contribution is 2.22. The number of piperidine rings is 1. The second-order valence-corrected chi connectivity index (χ2v) is 5.62. The minimum atomic E-state index is -0.763.